The number of nitrogens with zero attached hydrogens (tertiary/aromatic N) is 1. The van der Waals surface area contributed by atoms with Crippen LogP contribution in [-0.2, 0) is 24.5 Å². The summed E-state index contributed by atoms with van der Waals surface area (Å²) in [4.78, 5) is 43.0. The van der Waals surface area contributed by atoms with E-state index in [0.717, 1.165) is 10.0 Å². The molecule has 0 radical (unpaired) electrons. The molecule has 2 heterocycles. The van der Waals surface area contributed by atoms with Crippen molar-refractivity contribution in [1.29, 1.82) is 0 Å². The summed E-state index contributed by atoms with van der Waals surface area (Å²) >= 11 is 3.45. The molecule has 0 bridgehead atoms. The Labute approximate surface area is 212 Å². The van der Waals surface area contributed by atoms with Crippen LogP contribution in [0.25, 0.3) is 0 Å². The highest BCUT2D eigenvalue weighted by Gasteiger charge is 2.62. The van der Waals surface area contributed by atoms with Crippen LogP contribution in [0.5, 0.6) is 0 Å². The highest BCUT2D eigenvalue weighted by molar-refractivity contribution is 9.10. The predicted octanol–water partition coefficient (Wildman–Crippen LogP) is 4.45. The molecule has 2 aliphatic heterocycles. The highest BCUT2D eigenvalue weighted by atomic mass is 79.9. The van der Waals surface area contributed by atoms with Crippen LogP contribution in [0.1, 0.15) is 37.8 Å². The number of ether oxygens (including phenoxy) is 1. The Kier molecular flexibility index (Phi) is 5.21. The standard InChI is InChI=1S/C27H26BrN3O4/c1-14-5-10-18-17(11-14)27(25(34)30-18)21-19(12-26(2,3)13-20(21)32)31(16-8-6-15(28)7-9-16)23(29)22(27)24(33)35-4/h5-11H,12-13,29H2,1-4H3,(H,30,34). The smallest absolute Gasteiger partial charge is 0.339 e. The number of nitrogens with two attached hydrogens (primary N) is 1. The fraction of sp³-hybridized carbons (Fsp3) is 0.296. The molecule has 2 aromatic carbocycles. The zero-order valence-electron chi connectivity index (χ0n) is 20.0. The van der Waals surface area contributed by atoms with Gasteiger partial charge >= 0.3 is 5.97 Å². The molecule has 35 heavy (non-hydrogen) atoms. The predicted molar refractivity (Wildman–Crippen MR) is 136 cm³/mol. The summed E-state index contributed by atoms with van der Waals surface area (Å²) in [6.07, 6.45) is 0.736. The maximum absolute atomic E-state index is 14.0. The van der Waals surface area contributed by atoms with Gasteiger partial charge in [0, 0.05) is 39.1 Å². The number of Topliss-reactive ketones (excluding diaryl/α,β-unsaturated/α-hetero) is 1. The number of methoxy groups -OCH3 is 1. The van der Waals surface area contributed by atoms with Gasteiger partial charge in [-0.2, -0.15) is 0 Å². The molecule has 1 amide bonds. The number of hydrogen-bond donors (Lipinski definition) is 2. The molecule has 180 valence electrons. The first-order valence-corrected chi connectivity index (χ1v) is 12.1. The van der Waals surface area contributed by atoms with E-state index in [1.807, 2.05) is 57.2 Å². The number of rotatable bonds is 2. The van der Waals surface area contributed by atoms with Gasteiger partial charge in [-0.15, -0.1) is 0 Å². The molecule has 0 saturated heterocycles. The molecule has 3 N–H and O–H groups in total. The molecule has 0 saturated carbocycles. The topological polar surface area (TPSA) is 102 Å². The number of nitrogens with one attached hydrogen (secondary N) is 1. The monoisotopic (exact) mass is 535 g/mol. The van der Waals surface area contributed by atoms with E-state index in [0.29, 0.717) is 29.1 Å². The Morgan fingerprint density at radius 3 is 2.46 bits per heavy atom. The molecule has 2 aromatic rings. The maximum Gasteiger partial charge on any atom is 0.339 e. The van der Waals surface area contributed by atoms with Crippen LogP contribution >= 0.6 is 15.9 Å². The average Bonchev–Trinajstić information content (AvgIpc) is 3.05. The molecular weight excluding hydrogens is 510 g/mol. The van der Waals surface area contributed by atoms with Gasteiger partial charge in [0.25, 0.3) is 0 Å². The summed E-state index contributed by atoms with van der Waals surface area (Å²) in [5, 5.41) is 2.90. The van der Waals surface area contributed by atoms with E-state index >= 15 is 0 Å². The molecule has 1 atom stereocenters. The largest absolute Gasteiger partial charge is 0.466 e. The third-order valence-electron chi connectivity index (χ3n) is 7.01. The number of anilines is 2. The Balaban J connectivity index is 1.93. The summed E-state index contributed by atoms with van der Waals surface area (Å²) < 4.78 is 6.05. The molecule has 1 spiro atoms. The third-order valence-corrected chi connectivity index (χ3v) is 7.54. The first-order valence-electron chi connectivity index (χ1n) is 11.3. The fourth-order valence-corrected chi connectivity index (χ4v) is 5.90. The van der Waals surface area contributed by atoms with Gasteiger partial charge in [-0.05, 0) is 49.1 Å². The van der Waals surface area contributed by atoms with E-state index in [2.05, 4.69) is 21.2 Å². The van der Waals surface area contributed by atoms with Crippen molar-refractivity contribution < 1.29 is 19.1 Å². The van der Waals surface area contributed by atoms with Crippen molar-refractivity contribution in [3.8, 4) is 0 Å². The number of ketones is 1. The number of aryl methyl sites for hydroxylation is 1. The fourth-order valence-electron chi connectivity index (χ4n) is 5.64. The Morgan fingerprint density at radius 1 is 1.11 bits per heavy atom. The zero-order valence-corrected chi connectivity index (χ0v) is 21.6. The maximum atomic E-state index is 14.0. The lowest BCUT2D eigenvalue weighted by Gasteiger charge is -2.47. The van der Waals surface area contributed by atoms with E-state index in [-0.39, 0.29) is 34.6 Å². The van der Waals surface area contributed by atoms with E-state index in [4.69, 9.17) is 10.5 Å². The number of hydrogen-bond acceptors (Lipinski definition) is 6. The summed E-state index contributed by atoms with van der Waals surface area (Å²) in [6, 6.07) is 12.9. The number of carbonyl (C=O) groups is 3. The SMILES string of the molecule is COC(=O)C1=C(N)N(c2ccc(Br)cc2)C2=C(C(=O)CC(C)(C)C2)C12C(=O)Nc1ccc(C)cc12. The van der Waals surface area contributed by atoms with Crippen molar-refractivity contribution in [2.45, 2.75) is 39.0 Å². The zero-order chi connectivity index (χ0) is 25.3. The molecular formula is C27H26BrN3O4. The summed E-state index contributed by atoms with van der Waals surface area (Å²) in [5.41, 5.74) is 8.28. The number of benzene rings is 2. The number of carbonyl (C=O) groups excluding carboxylic acids is 3. The molecule has 1 unspecified atom stereocenters. The molecule has 8 heteroatoms. The summed E-state index contributed by atoms with van der Waals surface area (Å²) in [6.45, 7) is 5.94. The number of fused-ring (bicyclic) bond motifs is 3. The Bertz CT molecular complexity index is 1370. The molecule has 3 aliphatic rings. The molecule has 0 aromatic heterocycles. The number of allylic oxidation sites excluding steroid dienone is 1. The van der Waals surface area contributed by atoms with Gasteiger partial charge in [0.15, 0.2) is 5.78 Å². The Morgan fingerprint density at radius 2 is 1.80 bits per heavy atom. The van der Waals surface area contributed by atoms with Crippen LogP contribution in [0.4, 0.5) is 11.4 Å². The van der Waals surface area contributed by atoms with Gasteiger partial charge in [-0.3, -0.25) is 14.5 Å². The molecule has 7 nitrogen and oxygen atoms in total. The van der Waals surface area contributed by atoms with E-state index in [1.54, 1.807) is 11.0 Å². The molecule has 1 aliphatic carbocycles. The average molecular weight is 536 g/mol. The normalized spacial score (nSPS) is 22.8. The molecule has 5 rings (SSSR count). The third kappa shape index (κ3) is 3.26. The number of halogens is 1. The minimum absolute atomic E-state index is 0.0448. The lowest BCUT2D eigenvalue weighted by atomic mass is 9.60. The van der Waals surface area contributed by atoms with E-state index in [9.17, 15) is 14.4 Å². The van der Waals surface area contributed by atoms with Gasteiger partial charge < -0.3 is 15.8 Å². The minimum Gasteiger partial charge on any atom is -0.466 e. The van der Waals surface area contributed by atoms with Gasteiger partial charge in [0.05, 0.1) is 7.11 Å². The van der Waals surface area contributed by atoms with Crippen molar-refractivity contribution in [3.05, 3.63) is 80.7 Å². The second-order valence-corrected chi connectivity index (χ2v) is 11.0. The van der Waals surface area contributed by atoms with Crippen LogP contribution < -0.4 is 16.0 Å². The second kappa shape index (κ2) is 7.81. The van der Waals surface area contributed by atoms with Crippen molar-refractivity contribution in [2.24, 2.45) is 11.1 Å². The molecule has 0 fully saturated rings. The van der Waals surface area contributed by atoms with Gasteiger partial charge in [-0.1, -0.05) is 47.5 Å². The number of esters is 1. The van der Waals surface area contributed by atoms with Crippen LogP contribution in [-0.4, -0.2) is 24.8 Å². The first kappa shape index (κ1) is 23.4. The van der Waals surface area contributed by atoms with E-state index in [1.165, 1.54) is 7.11 Å². The van der Waals surface area contributed by atoms with Crippen molar-refractivity contribution in [2.75, 3.05) is 17.3 Å². The quantitative estimate of drug-likeness (QED) is 0.550. The van der Waals surface area contributed by atoms with E-state index < -0.39 is 17.3 Å². The van der Waals surface area contributed by atoms with Crippen molar-refractivity contribution >= 4 is 45.0 Å². The van der Waals surface area contributed by atoms with Gasteiger partial charge in [0.1, 0.15) is 16.8 Å². The van der Waals surface area contributed by atoms with Crippen LogP contribution in [0.15, 0.2) is 69.6 Å². The lowest BCUT2D eigenvalue weighted by molar-refractivity contribution is -0.138. The van der Waals surface area contributed by atoms with Crippen molar-refractivity contribution in [3.63, 3.8) is 0 Å². The van der Waals surface area contributed by atoms with Crippen LogP contribution in [0, 0.1) is 12.3 Å². The van der Waals surface area contributed by atoms with Gasteiger partial charge in [-0.25, -0.2) is 4.79 Å². The van der Waals surface area contributed by atoms with Gasteiger partial charge in [0.2, 0.25) is 5.91 Å². The minimum atomic E-state index is -1.69. The van der Waals surface area contributed by atoms with Crippen LogP contribution in [0.3, 0.4) is 0 Å². The highest BCUT2D eigenvalue weighted by Crippen LogP contribution is 2.57. The summed E-state index contributed by atoms with van der Waals surface area (Å²) in [7, 11) is 1.25. The van der Waals surface area contributed by atoms with Crippen LogP contribution in [0.2, 0.25) is 0 Å². The first-order chi connectivity index (χ1) is 16.5. The number of amides is 1. The van der Waals surface area contributed by atoms with Crippen molar-refractivity contribution in [1.82, 2.24) is 0 Å². The Hall–Kier alpha value is -3.39. The lowest BCUT2D eigenvalue weighted by Crippen LogP contribution is -2.54. The summed E-state index contributed by atoms with van der Waals surface area (Å²) in [5.74, 6) is -1.33. The second-order valence-electron chi connectivity index (χ2n) is 10.1.